The van der Waals surface area contributed by atoms with Crippen molar-refractivity contribution in [2.75, 3.05) is 5.32 Å². The second kappa shape index (κ2) is 5.49. The van der Waals surface area contributed by atoms with E-state index in [-0.39, 0.29) is 16.7 Å². The van der Waals surface area contributed by atoms with Crippen molar-refractivity contribution in [3.05, 3.63) is 41.6 Å². The molecule has 0 aliphatic rings. The van der Waals surface area contributed by atoms with Gasteiger partial charge >= 0.3 is 6.18 Å². The van der Waals surface area contributed by atoms with Crippen LogP contribution in [0.3, 0.4) is 0 Å². The maximum Gasteiger partial charge on any atom is 0.406 e. The number of carbonyl (C=O) groups excluding carboxylic acids is 1. The normalized spacial score (nSPS) is 11.4. The number of alkyl halides is 3. The molecular formula is C11H8ClF3N4O. The Kier molecular flexibility index (Phi) is 3.93. The maximum atomic E-state index is 12.4. The van der Waals surface area contributed by atoms with Crippen LogP contribution in [0.5, 0.6) is 0 Å². The summed E-state index contributed by atoms with van der Waals surface area (Å²) in [5, 5.41) is 2.46. The van der Waals surface area contributed by atoms with E-state index in [1.54, 1.807) is 0 Å². The fourth-order valence-electron chi connectivity index (χ4n) is 1.53. The van der Waals surface area contributed by atoms with Crippen LogP contribution >= 0.6 is 11.6 Å². The van der Waals surface area contributed by atoms with Crippen LogP contribution in [0.4, 0.5) is 19.0 Å². The van der Waals surface area contributed by atoms with Crippen LogP contribution in [0.1, 0.15) is 10.5 Å². The van der Waals surface area contributed by atoms with Crippen molar-refractivity contribution in [1.82, 2.24) is 14.5 Å². The number of carbonyl (C=O) groups is 1. The van der Waals surface area contributed by atoms with Crippen LogP contribution in [0.2, 0.25) is 5.15 Å². The summed E-state index contributed by atoms with van der Waals surface area (Å²) in [5.74, 6) is -0.608. The predicted octanol–water partition coefficient (Wildman–Crippen LogP) is 2.75. The molecule has 0 aliphatic carbocycles. The van der Waals surface area contributed by atoms with Gasteiger partial charge in [0.2, 0.25) is 0 Å². The van der Waals surface area contributed by atoms with Crippen molar-refractivity contribution in [3.8, 4) is 0 Å². The third-order valence-corrected chi connectivity index (χ3v) is 2.49. The van der Waals surface area contributed by atoms with Crippen LogP contribution in [0, 0.1) is 0 Å². The van der Waals surface area contributed by atoms with Crippen LogP contribution < -0.4 is 5.32 Å². The van der Waals surface area contributed by atoms with E-state index in [2.05, 4.69) is 15.3 Å². The molecule has 0 bridgehead atoms. The Balaban J connectivity index is 2.16. The maximum absolute atomic E-state index is 12.4. The van der Waals surface area contributed by atoms with Crippen molar-refractivity contribution in [1.29, 1.82) is 0 Å². The Hall–Kier alpha value is -2.09. The Labute approximate surface area is 116 Å². The zero-order valence-corrected chi connectivity index (χ0v) is 10.6. The van der Waals surface area contributed by atoms with E-state index in [0.717, 1.165) is 10.9 Å². The molecule has 2 rings (SSSR count). The summed E-state index contributed by atoms with van der Waals surface area (Å²) in [5.41, 5.74) is -0.128. The zero-order valence-electron chi connectivity index (χ0n) is 9.86. The first-order valence-electron chi connectivity index (χ1n) is 5.36. The number of halogens is 4. The van der Waals surface area contributed by atoms with Gasteiger partial charge in [0, 0.05) is 12.3 Å². The lowest BCUT2D eigenvalue weighted by molar-refractivity contribution is -0.140. The Morgan fingerprint density at radius 2 is 2.15 bits per heavy atom. The molecule has 0 aromatic carbocycles. The molecule has 106 valence electrons. The molecule has 0 spiro atoms. The van der Waals surface area contributed by atoms with Crippen LogP contribution in [-0.2, 0) is 6.54 Å². The molecule has 20 heavy (non-hydrogen) atoms. The first-order chi connectivity index (χ1) is 9.35. The van der Waals surface area contributed by atoms with Gasteiger partial charge < -0.3 is 9.88 Å². The molecule has 1 N–H and O–H groups in total. The highest BCUT2D eigenvalue weighted by molar-refractivity contribution is 6.29. The van der Waals surface area contributed by atoms with Crippen molar-refractivity contribution < 1.29 is 18.0 Å². The number of hydrogen-bond donors (Lipinski definition) is 1. The number of hydrogen-bond acceptors (Lipinski definition) is 3. The third-order valence-electron chi connectivity index (χ3n) is 2.29. The fourth-order valence-corrected chi connectivity index (χ4v) is 1.68. The number of nitrogens with zero attached hydrogens (tertiary/aromatic N) is 3. The van der Waals surface area contributed by atoms with Crippen LogP contribution in [0.15, 0.2) is 30.7 Å². The topological polar surface area (TPSA) is 59.8 Å². The smallest absolute Gasteiger partial charge is 0.334 e. The van der Waals surface area contributed by atoms with Gasteiger partial charge in [-0.3, -0.25) is 4.79 Å². The average molecular weight is 305 g/mol. The molecule has 0 saturated carbocycles. The summed E-state index contributed by atoms with van der Waals surface area (Å²) >= 11 is 5.62. The average Bonchev–Trinajstić information content (AvgIpc) is 2.74. The molecule has 0 saturated heterocycles. The SMILES string of the molecule is O=C(Nc1cc(Cl)ncn1)c1cccn1CC(F)(F)F. The number of nitrogens with one attached hydrogen (secondary N) is 1. The predicted molar refractivity (Wildman–Crippen MR) is 65.5 cm³/mol. The van der Waals surface area contributed by atoms with Crippen molar-refractivity contribution in [2.45, 2.75) is 12.7 Å². The van der Waals surface area contributed by atoms with Crippen molar-refractivity contribution >= 4 is 23.3 Å². The fraction of sp³-hybridized carbons (Fsp3) is 0.182. The van der Waals surface area contributed by atoms with Gasteiger partial charge in [-0.1, -0.05) is 11.6 Å². The summed E-state index contributed by atoms with van der Waals surface area (Å²) in [6.45, 7) is -1.24. The molecule has 0 radical (unpaired) electrons. The summed E-state index contributed by atoms with van der Waals surface area (Å²) < 4.78 is 37.9. The lowest BCUT2D eigenvalue weighted by atomic mass is 10.4. The standard InChI is InChI=1S/C11H8ClF3N4O/c12-8-4-9(17-6-16-8)18-10(20)7-2-1-3-19(7)5-11(13,14)15/h1-4,6H,5H2,(H,16,17,18,20). The Morgan fingerprint density at radius 3 is 2.80 bits per heavy atom. The molecular weight excluding hydrogens is 297 g/mol. The first-order valence-corrected chi connectivity index (χ1v) is 5.74. The summed E-state index contributed by atoms with van der Waals surface area (Å²) in [6.07, 6.45) is -2.10. The van der Waals surface area contributed by atoms with Gasteiger partial charge in [-0.2, -0.15) is 13.2 Å². The highest BCUT2D eigenvalue weighted by Crippen LogP contribution is 2.19. The molecule has 0 unspecified atom stereocenters. The number of anilines is 1. The zero-order chi connectivity index (χ0) is 14.8. The molecule has 0 aliphatic heterocycles. The van der Waals surface area contributed by atoms with Gasteiger partial charge in [0.05, 0.1) is 0 Å². The van der Waals surface area contributed by atoms with Gasteiger partial charge in [-0.15, -0.1) is 0 Å². The van der Waals surface area contributed by atoms with E-state index in [9.17, 15) is 18.0 Å². The highest BCUT2D eigenvalue weighted by atomic mass is 35.5. The molecule has 2 aromatic rings. The summed E-state index contributed by atoms with van der Waals surface area (Å²) in [4.78, 5) is 19.3. The second-order valence-corrected chi connectivity index (χ2v) is 4.20. The molecule has 9 heteroatoms. The summed E-state index contributed by atoms with van der Waals surface area (Å²) in [6, 6.07) is 3.92. The minimum Gasteiger partial charge on any atom is -0.334 e. The van der Waals surface area contributed by atoms with Gasteiger partial charge in [0.1, 0.15) is 29.5 Å². The Bertz CT molecular complexity index is 626. The minimum absolute atomic E-state index is 0.106. The lowest BCUT2D eigenvalue weighted by Gasteiger charge is -2.11. The van der Waals surface area contributed by atoms with E-state index >= 15 is 0 Å². The van der Waals surface area contributed by atoms with E-state index in [1.807, 2.05) is 0 Å². The van der Waals surface area contributed by atoms with Crippen molar-refractivity contribution in [3.63, 3.8) is 0 Å². The van der Waals surface area contributed by atoms with Crippen molar-refractivity contribution in [2.24, 2.45) is 0 Å². The minimum atomic E-state index is -4.41. The van der Waals surface area contributed by atoms with E-state index in [0.29, 0.717) is 0 Å². The summed E-state index contributed by atoms with van der Waals surface area (Å²) in [7, 11) is 0. The molecule has 2 aromatic heterocycles. The van der Waals surface area contributed by atoms with Gasteiger partial charge in [-0.05, 0) is 12.1 Å². The quantitative estimate of drug-likeness (QED) is 0.887. The lowest BCUT2D eigenvalue weighted by Crippen LogP contribution is -2.23. The van der Waals surface area contributed by atoms with Crippen LogP contribution in [0.25, 0.3) is 0 Å². The second-order valence-electron chi connectivity index (χ2n) is 3.82. The first kappa shape index (κ1) is 14.3. The molecule has 0 fully saturated rings. The highest BCUT2D eigenvalue weighted by Gasteiger charge is 2.29. The molecule has 0 atom stereocenters. The molecule has 1 amide bonds. The van der Waals surface area contributed by atoms with Gasteiger partial charge in [0.15, 0.2) is 0 Å². The van der Waals surface area contributed by atoms with Crippen LogP contribution in [-0.4, -0.2) is 26.6 Å². The monoisotopic (exact) mass is 304 g/mol. The van der Waals surface area contributed by atoms with E-state index in [4.69, 9.17) is 11.6 Å². The number of rotatable bonds is 3. The van der Waals surface area contributed by atoms with Gasteiger partial charge in [-0.25, -0.2) is 9.97 Å². The molecule has 5 nitrogen and oxygen atoms in total. The Morgan fingerprint density at radius 1 is 1.40 bits per heavy atom. The largest absolute Gasteiger partial charge is 0.406 e. The third kappa shape index (κ3) is 3.70. The molecule has 2 heterocycles. The number of amides is 1. The van der Waals surface area contributed by atoms with E-state index in [1.165, 1.54) is 24.4 Å². The number of aromatic nitrogens is 3. The van der Waals surface area contributed by atoms with E-state index < -0.39 is 18.6 Å². The van der Waals surface area contributed by atoms with Gasteiger partial charge in [0.25, 0.3) is 5.91 Å².